The summed E-state index contributed by atoms with van der Waals surface area (Å²) in [4.78, 5) is 116. The Labute approximate surface area is 817 Å². The molecule has 2 amide bonds. The topological polar surface area (TPSA) is 289 Å². The minimum atomic E-state index is -0.334. The van der Waals surface area contributed by atoms with Crippen molar-refractivity contribution in [3.8, 4) is 0 Å². The fraction of sp³-hybridized carbons (Fsp3) is 0.858. The maximum Gasteiger partial charge on any atom is 0.409 e. The molecule has 0 spiro atoms. The molecule has 29 nitrogen and oxygen atoms in total. The van der Waals surface area contributed by atoms with Crippen LogP contribution < -0.4 is 19.6 Å². The molecule has 135 heavy (non-hydrogen) atoms. The highest BCUT2D eigenvalue weighted by Crippen LogP contribution is 2.60. The molecule has 4 N–H and O–H groups in total. The zero-order valence-corrected chi connectivity index (χ0v) is 87.9. The standard InChI is InChI=1S/C17H37N.C16H23NO3.C12H21NO6.C12H21NO3.C11H21NO4.C11H21NO2.C10H17N.C9H17NO2.C8H13N/c1-4-6-8-10-12-14-16-18(3)17-15-13-11-9-7-5-2;1-10-12-7-11-8-13(12)15(20-10)14(11)9-19-16(18)17-5-3-2-4-6-17;1-10(14)17-7-4-13(5-8-18-11(2)15)6-9-19-12(3)16;1-8(7-13(2)3)15-12(14)10-6-9-4-5-11(10)16-9;1-4-5-12(6-8-15-10(2)13)7-9-16-11(3)14;1-11(2,3)9-14-10(13)12-7-5-4-6-8-12;1-2-6-10-7-3-5-9-11(10)8-4-1;1-9(11)12-8-7-10-5-3-2-4-6-10;1-2-6-9-7-3-5-8(9)4-1/h4-17H2,1-3H3;11-15H,1-9H2;4-9H2,1-3H3;8-11H,4-7H2,1-3H3;4-9H2,1-3H3;4-9H2,1-3H3;7H,1-6,8-9H2;2-8H2,1H3;4H,1-3,5-7H2/p+4. The molecular weight excluding hydrogens is 1720 g/mol. The van der Waals surface area contributed by atoms with Gasteiger partial charge in [0.25, 0.3) is 0 Å². The van der Waals surface area contributed by atoms with Gasteiger partial charge in [-0.25, -0.2) is 9.59 Å². The Kier molecular flexibility index (Phi) is 64.7. The molecule has 0 aromatic rings. The number of fused-ring (bicyclic) bond motifs is 5. The van der Waals surface area contributed by atoms with E-state index in [2.05, 4.69) is 96.1 Å². The van der Waals surface area contributed by atoms with Gasteiger partial charge in [0.2, 0.25) is 0 Å². The van der Waals surface area contributed by atoms with Crippen molar-refractivity contribution in [2.24, 2.45) is 35.0 Å². The highest BCUT2D eigenvalue weighted by molar-refractivity contribution is 5.74. The number of nitrogens with zero attached hydrogens (tertiary/aromatic N) is 5. The maximum atomic E-state index is 12.1. The Bertz CT molecular complexity index is 3240. The SMILES string of the molecule is C1=C2CCCCCN2CCC1.C1=C2CCCN2CCC1.C=C1OC2C(COC(=O)N3CCCCC3)C3CC1C2C3.CC(=O)OCC[NH+](CCOC(C)=O)CCOC(C)=O.CC(=O)OCC[NH+]1CCCCC1.CC(C)(C)COC(=O)N1CCCCC1.CC(C[NH+](C)C)OC(=O)C1CC2CCC1O2.CCCCCCCCN(C)CCCCCCCC.CCC[NH+](CCOC(C)=O)CCOC(C)=O. The number of piperidine rings is 3. The normalized spacial score (nSPS) is 21.8. The molecule has 8 saturated heterocycles. The number of esters is 7. The summed E-state index contributed by atoms with van der Waals surface area (Å²) in [5.74, 6) is 1.54. The van der Waals surface area contributed by atoms with Gasteiger partial charge in [-0.1, -0.05) is 131 Å². The molecule has 0 aromatic carbocycles. The summed E-state index contributed by atoms with van der Waals surface area (Å²) in [5.41, 5.74) is 3.33. The van der Waals surface area contributed by atoms with Gasteiger partial charge in [-0.2, -0.15) is 0 Å². The minimum Gasteiger partial charge on any atom is -0.494 e. The number of hydrogen-bond donors (Lipinski definition) is 4. The van der Waals surface area contributed by atoms with Gasteiger partial charge in [-0.3, -0.25) is 33.6 Å². The first-order valence-electron chi connectivity index (χ1n) is 53.5. The predicted molar refractivity (Wildman–Crippen MR) is 530 cm³/mol. The predicted octanol–water partition coefficient (Wildman–Crippen LogP) is 12.6. The van der Waals surface area contributed by atoms with Crippen molar-refractivity contribution >= 4 is 54.0 Å². The number of quaternary nitrogens is 4. The van der Waals surface area contributed by atoms with E-state index in [9.17, 15) is 43.2 Å². The average molecular weight is 1920 g/mol. The van der Waals surface area contributed by atoms with Gasteiger partial charge < -0.3 is 96.2 Å². The molecule has 10 fully saturated rings. The number of likely N-dealkylation sites (tertiary alicyclic amines) is 3. The molecule has 2 saturated carbocycles. The van der Waals surface area contributed by atoms with Crippen LogP contribution in [0.3, 0.4) is 0 Å². The average Bonchev–Trinajstić information content (AvgIpc) is 1.57. The second-order valence-electron chi connectivity index (χ2n) is 40.9. The number of allylic oxidation sites excluding steroid dienone is 5. The third-order valence-electron chi connectivity index (χ3n) is 27.1. The van der Waals surface area contributed by atoms with Crippen LogP contribution >= 0.6 is 0 Å². The lowest BCUT2D eigenvalue weighted by Crippen LogP contribution is -3.13. The first-order chi connectivity index (χ1) is 64.8. The van der Waals surface area contributed by atoms with Gasteiger partial charge in [-0.15, -0.1) is 0 Å². The van der Waals surface area contributed by atoms with Crippen LogP contribution in [0.4, 0.5) is 9.59 Å². The lowest BCUT2D eigenvalue weighted by Gasteiger charge is -2.29. The lowest BCUT2D eigenvalue weighted by atomic mass is 9.82. The number of unbranched alkanes of at least 4 members (excludes halogenated alkanes) is 10. The van der Waals surface area contributed by atoms with E-state index in [4.69, 9.17) is 52.1 Å². The summed E-state index contributed by atoms with van der Waals surface area (Å²) >= 11 is 0. The summed E-state index contributed by atoms with van der Waals surface area (Å²) < 4.78 is 57.1. The summed E-state index contributed by atoms with van der Waals surface area (Å²) in [5, 5.41) is 0. The number of carbonyl (C=O) groups is 9. The van der Waals surface area contributed by atoms with E-state index in [1.54, 1.807) is 16.3 Å². The maximum absolute atomic E-state index is 12.1. The third-order valence-corrected chi connectivity index (χ3v) is 27.1. The van der Waals surface area contributed by atoms with Crippen molar-refractivity contribution < 1.29 is 115 Å². The molecule has 9 unspecified atom stereocenters. The first-order valence-corrected chi connectivity index (χ1v) is 53.5. The first kappa shape index (κ1) is 121. The van der Waals surface area contributed by atoms with Crippen molar-refractivity contribution in [2.75, 3.05) is 205 Å². The molecule has 0 aromatic heterocycles. The van der Waals surface area contributed by atoms with E-state index < -0.39 is 0 Å². The molecule has 10 aliphatic heterocycles. The van der Waals surface area contributed by atoms with Crippen LogP contribution in [0.5, 0.6) is 0 Å². The van der Waals surface area contributed by atoms with E-state index >= 15 is 0 Å². The number of carbonyl (C=O) groups excluding carboxylic acids is 9. The van der Waals surface area contributed by atoms with Gasteiger partial charge in [0, 0.05) is 123 Å². The van der Waals surface area contributed by atoms with Crippen LogP contribution in [-0.4, -0.2) is 308 Å². The molecular formula is C106H195N9O20+4. The van der Waals surface area contributed by atoms with Gasteiger partial charge >= 0.3 is 54.0 Å². The van der Waals surface area contributed by atoms with Crippen LogP contribution in [0.25, 0.3) is 0 Å². The number of amides is 2. The quantitative estimate of drug-likeness (QED) is 0.0251. The number of likely N-dealkylation sites (N-methyl/N-ethyl adjacent to an activating group) is 1. The monoisotopic (exact) mass is 1910 g/mol. The lowest BCUT2D eigenvalue weighted by molar-refractivity contribution is -0.905. The Morgan fingerprint density at radius 2 is 0.926 bits per heavy atom. The molecule has 9 atom stereocenters. The Morgan fingerprint density at radius 1 is 0.496 bits per heavy atom. The van der Waals surface area contributed by atoms with Crippen molar-refractivity contribution in [3.63, 3.8) is 0 Å². The molecule has 29 heteroatoms. The number of ether oxygens (including phenoxy) is 11. The number of nitrogens with one attached hydrogen (secondary N) is 4. The molecule has 0 radical (unpaired) electrons. The summed E-state index contributed by atoms with van der Waals surface area (Å²) in [7, 11) is 6.41. The highest BCUT2D eigenvalue weighted by atomic mass is 16.6. The van der Waals surface area contributed by atoms with Crippen molar-refractivity contribution in [3.05, 3.63) is 35.9 Å². The fourth-order valence-electron chi connectivity index (χ4n) is 19.8. The van der Waals surface area contributed by atoms with Gasteiger partial charge in [0.05, 0.1) is 70.8 Å². The smallest absolute Gasteiger partial charge is 0.409 e. The summed E-state index contributed by atoms with van der Waals surface area (Å²) in [6.07, 6.45) is 53.5. The van der Waals surface area contributed by atoms with E-state index in [0.717, 1.165) is 121 Å². The van der Waals surface area contributed by atoms with Crippen LogP contribution in [0.1, 0.15) is 328 Å². The van der Waals surface area contributed by atoms with E-state index in [-0.39, 0.29) is 103 Å². The van der Waals surface area contributed by atoms with Crippen molar-refractivity contribution in [1.29, 1.82) is 0 Å². The Hall–Kier alpha value is -6.79. The molecule has 2 aliphatic carbocycles. The highest BCUT2D eigenvalue weighted by Gasteiger charge is 2.59. The third kappa shape index (κ3) is 56.3. The van der Waals surface area contributed by atoms with Gasteiger partial charge in [0.1, 0.15) is 97.7 Å². The second kappa shape index (κ2) is 72.5. The molecule has 10 heterocycles. The largest absolute Gasteiger partial charge is 0.494 e. The van der Waals surface area contributed by atoms with Crippen LogP contribution in [0, 0.1) is 35.0 Å². The van der Waals surface area contributed by atoms with Crippen LogP contribution in [0.15, 0.2) is 35.9 Å². The molecule has 4 bridgehead atoms. The zero-order chi connectivity index (χ0) is 99.0. The second-order valence-corrected chi connectivity index (χ2v) is 40.9. The Balaban J connectivity index is 0.000000320. The minimum absolute atomic E-state index is 0.00152. The summed E-state index contributed by atoms with van der Waals surface area (Å²) in [6.45, 7) is 50.4. The fourth-order valence-corrected chi connectivity index (χ4v) is 19.8. The van der Waals surface area contributed by atoms with E-state index in [0.29, 0.717) is 82.4 Å². The van der Waals surface area contributed by atoms with E-state index in [1.807, 2.05) is 16.7 Å². The van der Waals surface area contributed by atoms with Gasteiger partial charge in [0.15, 0.2) is 0 Å². The van der Waals surface area contributed by atoms with E-state index in [1.165, 1.54) is 290 Å². The summed E-state index contributed by atoms with van der Waals surface area (Å²) in [6, 6.07) is 0. The number of rotatable bonds is 41. The zero-order valence-electron chi connectivity index (χ0n) is 87.9. The van der Waals surface area contributed by atoms with Crippen molar-refractivity contribution in [2.45, 2.75) is 352 Å². The van der Waals surface area contributed by atoms with Crippen LogP contribution in [0.2, 0.25) is 0 Å². The van der Waals surface area contributed by atoms with Gasteiger partial charge in [-0.05, 0) is 205 Å². The Morgan fingerprint density at radius 3 is 1.38 bits per heavy atom. The van der Waals surface area contributed by atoms with Crippen LogP contribution in [-0.2, 0) is 85.7 Å². The number of hydrogen-bond acceptors (Lipinski definition) is 23. The molecule has 12 aliphatic rings. The van der Waals surface area contributed by atoms with Crippen molar-refractivity contribution in [1.82, 2.24) is 24.5 Å². The molecule has 780 valence electrons. The molecule has 12 rings (SSSR count).